The zero-order valence-electron chi connectivity index (χ0n) is 16.6. The fourth-order valence-electron chi connectivity index (χ4n) is 4.04. The summed E-state index contributed by atoms with van der Waals surface area (Å²) >= 11 is 0. The maximum atomic E-state index is 11.9. The average molecular weight is 408 g/mol. The van der Waals surface area contributed by atoms with Crippen LogP contribution in [0.4, 0.5) is 0 Å². The fourth-order valence-corrected chi connectivity index (χ4v) is 4.94. The summed E-state index contributed by atoms with van der Waals surface area (Å²) in [6.07, 6.45) is 3.53. The number of hydrogen-bond donors (Lipinski definition) is 3. The lowest BCUT2D eigenvalue weighted by molar-refractivity contribution is 0.0698. The Morgan fingerprint density at radius 1 is 1.43 bits per heavy atom. The van der Waals surface area contributed by atoms with Crippen LogP contribution in [-0.2, 0) is 16.6 Å². The minimum atomic E-state index is -3.24. The van der Waals surface area contributed by atoms with E-state index in [0.29, 0.717) is 11.5 Å². The molecule has 3 rings (SSSR count). The van der Waals surface area contributed by atoms with Crippen LogP contribution in [0.25, 0.3) is 10.9 Å². The number of sulfonamides is 1. The molecular formula is C20H29N3O4S. The van der Waals surface area contributed by atoms with E-state index in [2.05, 4.69) is 10.0 Å². The molecule has 0 aliphatic carbocycles. The van der Waals surface area contributed by atoms with Crippen LogP contribution in [0, 0.1) is 12.8 Å². The Morgan fingerprint density at radius 3 is 2.86 bits per heavy atom. The van der Waals surface area contributed by atoms with E-state index < -0.39 is 16.0 Å². The van der Waals surface area contributed by atoms with Crippen LogP contribution < -0.4 is 10.0 Å². The lowest BCUT2D eigenvalue weighted by Crippen LogP contribution is -2.52. The first-order valence-electron chi connectivity index (χ1n) is 9.76. The zero-order chi connectivity index (χ0) is 20.5. The molecule has 1 aromatic carbocycles. The van der Waals surface area contributed by atoms with Crippen molar-refractivity contribution < 1.29 is 18.3 Å². The zero-order valence-corrected chi connectivity index (χ0v) is 17.4. The van der Waals surface area contributed by atoms with Crippen molar-refractivity contribution >= 4 is 26.9 Å². The van der Waals surface area contributed by atoms with Gasteiger partial charge in [-0.25, -0.2) is 17.9 Å². The molecule has 0 radical (unpaired) electrons. The number of carboxylic acid groups (broad SMARTS) is 1. The molecule has 0 bridgehead atoms. The van der Waals surface area contributed by atoms with E-state index in [1.165, 1.54) is 0 Å². The van der Waals surface area contributed by atoms with Gasteiger partial charge in [0.2, 0.25) is 10.0 Å². The normalized spacial score (nSPS) is 21.7. The Morgan fingerprint density at radius 2 is 2.18 bits per heavy atom. The van der Waals surface area contributed by atoms with Gasteiger partial charge in [0.1, 0.15) is 0 Å². The quantitative estimate of drug-likeness (QED) is 0.654. The van der Waals surface area contributed by atoms with Gasteiger partial charge in [0.05, 0.1) is 11.3 Å². The molecule has 2 aromatic rings. The number of aromatic nitrogens is 1. The summed E-state index contributed by atoms with van der Waals surface area (Å²) in [6.45, 7) is 7.02. The molecule has 1 aromatic heterocycles. The lowest BCUT2D eigenvalue weighted by Gasteiger charge is -2.34. The standard InChI is InChI=1S/C20H29N3O4S/c1-4-28(26,27)22-14(3)18-10-15(7-8-21-18)11-23-12-17(20(24)25)16-9-13(2)5-6-19(16)23/h5-6,9,12,14-15,18,21-22H,4,7-8,10-11H2,1-3H3,(H,24,25). The smallest absolute Gasteiger partial charge is 0.337 e. The second kappa shape index (κ2) is 8.23. The Bertz CT molecular complexity index is 967. The Kier molecular flexibility index (Phi) is 6.12. The first-order chi connectivity index (χ1) is 13.2. The van der Waals surface area contributed by atoms with Crippen molar-refractivity contribution in [2.24, 2.45) is 5.92 Å². The molecule has 3 unspecified atom stereocenters. The summed E-state index contributed by atoms with van der Waals surface area (Å²) in [5.41, 5.74) is 2.29. The number of aromatic carboxylic acids is 1. The highest BCUT2D eigenvalue weighted by Gasteiger charge is 2.28. The number of benzene rings is 1. The summed E-state index contributed by atoms with van der Waals surface area (Å²) in [4.78, 5) is 11.6. The summed E-state index contributed by atoms with van der Waals surface area (Å²) in [5.74, 6) is -0.501. The molecule has 1 aliphatic rings. The first kappa shape index (κ1) is 20.8. The van der Waals surface area contributed by atoms with Crippen LogP contribution >= 0.6 is 0 Å². The van der Waals surface area contributed by atoms with Gasteiger partial charge in [0, 0.05) is 35.7 Å². The Labute approximate surface area is 166 Å². The predicted molar refractivity (Wildman–Crippen MR) is 110 cm³/mol. The number of hydrogen-bond acceptors (Lipinski definition) is 4. The summed E-state index contributed by atoms with van der Waals surface area (Å²) in [7, 11) is -3.24. The number of carbonyl (C=O) groups is 1. The fraction of sp³-hybridized carbons (Fsp3) is 0.550. The van der Waals surface area contributed by atoms with Crippen molar-refractivity contribution in [2.45, 2.75) is 52.2 Å². The van der Waals surface area contributed by atoms with E-state index in [1.54, 1.807) is 13.1 Å². The molecular weight excluding hydrogens is 378 g/mol. The molecule has 7 nitrogen and oxygen atoms in total. The second-order valence-corrected chi connectivity index (χ2v) is 9.82. The third kappa shape index (κ3) is 4.56. The summed E-state index contributed by atoms with van der Waals surface area (Å²) in [6, 6.07) is 5.77. The van der Waals surface area contributed by atoms with E-state index in [-0.39, 0.29) is 17.8 Å². The number of piperidine rings is 1. The minimum absolute atomic E-state index is 0.0584. The number of aryl methyl sites for hydroxylation is 1. The number of nitrogens with one attached hydrogen (secondary N) is 2. The Hall–Kier alpha value is -1.90. The molecule has 1 fully saturated rings. The van der Waals surface area contributed by atoms with Gasteiger partial charge < -0.3 is 15.0 Å². The van der Waals surface area contributed by atoms with Crippen molar-refractivity contribution in [1.82, 2.24) is 14.6 Å². The van der Waals surface area contributed by atoms with Crippen LogP contribution in [0.3, 0.4) is 0 Å². The second-order valence-electron chi connectivity index (χ2n) is 7.78. The van der Waals surface area contributed by atoms with Crippen LogP contribution in [0.15, 0.2) is 24.4 Å². The van der Waals surface area contributed by atoms with Gasteiger partial charge in [-0.2, -0.15) is 0 Å². The van der Waals surface area contributed by atoms with Crippen LogP contribution in [0.1, 0.15) is 42.6 Å². The number of carboxylic acids is 1. The molecule has 1 saturated heterocycles. The van der Waals surface area contributed by atoms with E-state index in [4.69, 9.17) is 0 Å². The highest BCUT2D eigenvalue weighted by Crippen LogP contribution is 2.27. The summed E-state index contributed by atoms with van der Waals surface area (Å²) in [5, 5.41) is 13.7. The molecule has 2 heterocycles. The molecule has 0 spiro atoms. The average Bonchev–Trinajstić information content (AvgIpc) is 2.99. The number of fused-ring (bicyclic) bond motifs is 1. The third-order valence-corrected chi connectivity index (χ3v) is 7.11. The highest BCUT2D eigenvalue weighted by atomic mass is 32.2. The molecule has 3 N–H and O–H groups in total. The molecule has 0 saturated carbocycles. The molecule has 154 valence electrons. The number of rotatable bonds is 7. The highest BCUT2D eigenvalue weighted by molar-refractivity contribution is 7.89. The van der Waals surface area contributed by atoms with E-state index >= 15 is 0 Å². The van der Waals surface area contributed by atoms with E-state index in [1.807, 2.05) is 36.6 Å². The van der Waals surface area contributed by atoms with Gasteiger partial charge >= 0.3 is 5.97 Å². The predicted octanol–water partition coefficient (Wildman–Crippen LogP) is 2.34. The SMILES string of the molecule is CCS(=O)(=O)NC(C)C1CC(Cn2cc(C(=O)O)c3cc(C)ccc32)CCN1. The summed E-state index contributed by atoms with van der Waals surface area (Å²) < 4.78 is 28.5. The van der Waals surface area contributed by atoms with Gasteiger partial charge in [0.15, 0.2) is 0 Å². The lowest BCUT2D eigenvalue weighted by atomic mass is 9.89. The largest absolute Gasteiger partial charge is 0.478 e. The van der Waals surface area contributed by atoms with Crippen molar-refractivity contribution in [3.8, 4) is 0 Å². The van der Waals surface area contributed by atoms with Crippen molar-refractivity contribution in [2.75, 3.05) is 12.3 Å². The number of nitrogens with zero attached hydrogens (tertiary/aromatic N) is 1. The monoisotopic (exact) mass is 407 g/mol. The van der Waals surface area contributed by atoms with Crippen LogP contribution in [-0.4, -0.2) is 48.4 Å². The van der Waals surface area contributed by atoms with E-state index in [0.717, 1.165) is 42.4 Å². The molecule has 1 aliphatic heterocycles. The molecule has 0 amide bonds. The third-order valence-electron chi connectivity index (χ3n) is 5.62. The first-order valence-corrected chi connectivity index (χ1v) is 11.4. The van der Waals surface area contributed by atoms with E-state index in [9.17, 15) is 18.3 Å². The van der Waals surface area contributed by atoms with Gasteiger partial charge in [-0.15, -0.1) is 0 Å². The van der Waals surface area contributed by atoms with Crippen LogP contribution in [0.2, 0.25) is 0 Å². The maximum Gasteiger partial charge on any atom is 0.337 e. The van der Waals surface area contributed by atoms with Crippen LogP contribution in [0.5, 0.6) is 0 Å². The van der Waals surface area contributed by atoms with Gasteiger partial charge in [-0.05, 0) is 58.2 Å². The molecule has 28 heavy (non-hydrogen) atoms. The van der Waals surface area contributed by atoms with Gasteiger partial charge in [-0.3, -0.25) is 0 Å². The maximum absolute atomic E-state index is 11.9. The Balaban J connectivity index is 1.78. The molecule has 8 heteroatoms. The topological polar surface area (TPSA) is 100 Å². The minimum Gasteiger partial charge on any atom is -0.478 e. The van der Waals surface area contributed by atoms with Gasteiger partial charge in [0.25, 0.3) is 0 Å². The van der Waals surface area contributed by atoms with Crippen molar-refractivity contribution in [3.63, 3.8) is 0 Å². The van der Waals surface area contributed by atoms with Crippen molar-refractivity contribution in [1.29, 1.82) is 0 Å². The van der Waals surface area contributed by atoms with Gasteiger partial charge in [-0.1, -0.05) is 11.6 Å². The van der Waals surface area contributed by atoms with Crippen molar-refractivity contribution in [3.05, 3.63) is 35.5 Å². The molecule has 3 atom stereocenters.